The molecular formula is C8H16ClNO. The topological polar surface area (TPSA) is 32.3 Å². The molecular weight excluding hydrogens is 162 g/mol. The van der Waals surface area contributed by atoms with Crippen molar-refractivity contribution >= 4 is 12.4 Å². The summed E-state index contributed by atoms with van der Waals surface area (Å²) in [7, 11) is 0. The monoisotopic (exact) mass is 177 g/mol. The third-order valence-electron chi connectivity index (χ3n) is 3.30. The first-order chi connectivity index (χ1) is 4.71. The Kier molecular flexibility index (Phi) is 2.47. The first-order valence-corrected chi connectivity index (χ1v) is 4.14. The van der Waals surface area contributed by atoms with Crippen molar-refractivity contribution in [3.63, 3.8) is 0 Å². The molecule has 1 saturated carbocycles. The average molecular weight is 178 g/mol. The van der Waals surface area contributed by atoms with Gasteiger partial charge in [0, 0.05) is 24.9 Å². The molecule has 66 valence electrons. The van der Waals surface area contributed by atoms with Crippen molar-refractivity contribution < 1.29 is 5.11 Å². The molecule has 2 fully saturated rings. The van der Waals surface area contributed by atoms with E-state index in [2.05, 4.69) is 5.32 Å². The number of nitrogens with one attached hydrogen (secondary N) is 1. The molecule has 0 spiro atoms. The minimum absolute atomic E-state index is 0. The molecule has 3 heteroatoms. The summed E-state index contributed by atoms with van der Waals surface area (Å²) in [5, 5.41) is 13.3. The van der Waals surface area contributed by atoms with Gasteiger partial charge in [-0.2, -0.15) is 0 Å². The second kappa shape index (κ2) is 2.92. The maximum Gasteiger partial charge on any atom is 0.0700 e. The molecule has 1 heterocycles. The third-order valence-corrected chi connectivity index (χ3v) is 3.30. The standard InChI is InChI=1S/C8H15NO.ClH/c1-8(10)6-2-3-7(8)5-9-4-6;/h6-7,9-10H,2-5H2,1H3;1H. The van der Waals surface area contributed by atoms with Crippen molar-refractivity contribution in [3.8, 4) is 0 Å². The van der Waals surface area contributed by atoms with Crippen LogP contribution in [0.25, 0.3) is 0 Å². The molecule has 11 heavy (non-hydrogen) atoms. The number of halogens is 1. The van der Waals surface area contributed by atoms with Gasteiger partial charge in [0.1, 0.15) is 0 Å². The number of rotatable bonds is 0. The predicted octanol–water partition coefficient (Wildman–Crippen LogP) is 0.789. The van der Waals surface area contributed by atoms with Crippen LogP contribution in [-0.4, -0.2) is 23.8 Å². The Labute approximate surface area is 73.8 Å². The van der Waals surface area contributed by atoms with Gasteiger partial charge in [-0.1, -0.05) is 0 Å². The molecule has 0 aromatic carbocycles. The average Bonchev–Trinajstić information content (AvgIpc) is 2.17. The van der Waals surface area contributed by atoms with Crippen LogP contribution in [0.2, 0.25) is 0 Å². The normalized spacial score (nSPS) is 48.5. The van der Waals surface area contributed by atoms with Gasteiger partial charge in [0.2, 0.25) is 0 Å². The van der Waals surface area contributed by atoms with E-state index in [1.165, 1.54) is 12.8 Å². The fourth-order valence-electron chi connectivity index (χ4n) is 2.37. The van der Waals surface area contributed by atoms with Crippen LogP contribution in [0, 0.1) is 11.8 Å². The zero-order valence-electron chi connectivity index (χ0n) is 6.84. The minimum atomic E-state index is -0.356. The van der Waals surface area contributed by atoms with E-state index in [1.54, 1.807) is 0 Å². The molecule has 2 bridgehead atoms. The van der Waals surface area contributed by atoms with Crippen molar-refractivity contribution in [1.29, 1.82) is 0 Å². The first-order valence-electron chi connectivity index (χ1n) is 4.14. The smallest absolute Gasteiger partial charge is 0.0700 e. The largest absolute Gasteiger partial charge is 0.390 e. The minimum Gasteiger partial charge on any atom is -0.390 e. The first kappa shape index (κ1) is 9.30. The second-order valence-corrected chi connectivity index (χ2v) is 3.86. The number of aliphatic hydroxyl groups is 1. The molecule has 2 atom stereocenters. The third kappa shape index (κ3) is 1.28. The molecule has 1 aliphatic heterocycles. The fraction of sp³-hybridized carbons (Fsp3) is 1.00. The second-order valence-electron chi connectivity index (χ2n) is 3.86. The molecule has 1 aliphatic carbocycles. The van der Waals surface area contributed by atoms with E-state index in [-0.39, 0.29) is 18.0 Å². The Hall–Kier alpha value is 0.210. The summed E-state index contributed by atoms with van der Waals surface area (Å²) in [6.45, 7) is 4.03. The number of hydrogen-bond acceptors (Lipinski definition) is 2. The van der Waals surface area contributed by atoms with Gasteiger partial charge in [-0.05, 0) is 19.8 Å². The van der Waals surface area contributed by atoms with Crippen molar-refractivity contribution in [2.45, 2.75) is 25.4 Å². The van der Waals surface area contributed by atoms with Crippen LogP contribution in [0.3, 0.4) is 0 Å². The van der Waals surface area contributed by atoms with Crippen LogP contribution in [0.4, 0.5) is 0 Å². The Bertz CT molecular complexity index is 131. The molecule has 2 rings (SSSR count). The Balaban J connectivity index is 0.000000605. The van der Waals surface area contributed by atoms with Gasteiger partial charge in [0.05, 0.1) is 5.60 Å². The van der Waals surface area contributed by atoms with Crippen LogP contribution in [0.1, 0.15) is 19.8 Å². The lowest BCUT2D eigenvalue weighted by Crippen LogP contribution is -2.50. The maximum atomic E-state index is 9.93. The lowest BCUT2D eigenvalue weighted by Gasteiger charge is -2.36. The van der Waals surface area contributed by atoms with Gasteiger partial charge in [0.25, 0.3) is 0 Å². The summed E-state index contributed by atoms with van der Waals surface area (Å²) in [6.07, 6.45) is 2.43. The quantitative estimate of drug-likeness (QED) is 0.574. The molecule has 2 aliphatic rings. The lowest BCUT2D eigenvalue weighted by molar-refractivity contribution is -0.0342. The van der Waals surface area contributed by atoms with Gasteiger partial charge >= 0.3 is 0 Å². The number of hydrogen-bond donors (Lipinski definition) is 2. The maximum absolute atomic E-state index is 9.93. The summed E-state index contributed by atoms with van der Waals surface area (Å²) >= 11 is 0. The van der Waals surface area contributed by atoms with Crippen molar-refractivity contribution in [2.24, 2.45) is 11.8 Å². The van der Waals surface area contributed by atoms with E-state index < -0.39 is 0 Å². The van der Waals surface area contributed by atoms with Gasteiger partial charge in [-0.25, -0.2) is 0 Å². The zero-order chi connectivity index (χ0) is 7.19. The van der Waals surface area contributed by atoms with E-state index in [0.29, 0.717) is 11.8 Å². The molecule has 2 unspecified atom stereocenters. The Morgan fingerprint density at radius 2 is 1.73 bits per heavy atom. The van der Waals surface area contributed by atoms with E-state index in [9.17, 15) is 5.11 Å². The SMILES string of the molecule is CC1(O)C2CCC1CNC2.Cl. The van der Waals surface area contributed by atoms with Crippen molar-refractivity contribution in [3.05, 3.63) is 0 Å². The van der Waals surface area contributed by atoms with Crippen LogP contribution in [0.5, 0.6) is 0 Å². The molecule has 2 nitrogen and oxygen atoms in total. The highest BCUT2D eigenvalue weighted by molar-refractivity contribution is 5.85. The molecule has 0 aromatic heterocycles. The number of fused-ring (bicyclic) bond motifs is 2. The van der Waals surface area contributed by atoms with Gasteiger partial charge in [0.15, 0.2) is 0 Å². The zero-order valence-corrected chi connectivity index (χ0v) is 7.66. The molecule has 2 N–H and O–H groups in total. The van der Waals surface area contributed by atoms with Crippen molar-refractivity contribution in [1.82, 2.24) is 5.32 Å². The van der Waals surface area contributed by atoms with Crippen LogP contribution in [0.15, 0.2) is 0 Å². The summed E-state index contributed by atoms with van der Waals surface area (Å²) in [6, 6.07) is 0. The summed E-state index contributed by atoms with van der Waals surface area (Å²) in [4.78, 5) is 0. The molecule has 1 saturated heterocycles. The lowest BCUT2D eigenvalue weighted by atomic mass is 9.83. The van der Waals surface area contributed by atoms with Crippen LogP contribution >= 0.6 is 12.4 Å². The Morgan fingerprint density at radius 3 is 2.09 bits per heavy atom. The summed E-state index contributed by atoms with van der Waals surface area (Å²) in [5.74, 6) is 1.04. The molecule has 0 aromatic rings. The number of piperidine rings is 1. The Morgan fingerprint density at radius 1 is 1.27 bits per heavy atom. The highest BCUT2D eigenvalue weighted by atomic mass is 35.5. The highest BCUT2D eigenvalue weighted by Crippen LogP contribution is 2.41. The van der Waals surface area contributed by atoms with E-state index in [1.807, 2.05) is 6.92 Å². The van der Waals surface area contributed by atoms with Gasteiger partial charge < -0.3 is 10.4 Å². The van der Waals surface area contributed by atoms with Gasteiger partial charge in [-0.3, -0.25) is 0 Å². The van der Waals surface area contributed by atoms with E-state index >= 15 is 0 Å². The summed E-state index contributed by atoms with van der Waals surface area (Å²) < 4.78 is 0. The molecule has 0 radical (unpaired) electrons. The van der Waals surface area contributed by atoms with Crippen LogP contribution in [-0.2, 0) is 0 Å². The highest BCUT2D eigenvalue weighted by Gasteiger charge is 2.47. The van der Waals surface area contributed by atoms with Gasteiger partial charge in [-0.15, -0.1) is 12.4 Å². The fourth-order valence-corrected chi connectivity index (χ4v) is 2.37. The van der Waals surface area contributed by atoms with Crippen LogP contribution < -0.4 is 5.32 Å². The molecule has 0 amide bonds. The summed E-state index contributed by atoms with van der Waals surface area (Å²) in [5.41, 5.74) is -0.356. The predicted molar refractivity (Wildman–Crippen MR) is 47.0 cm³/mol. The van der Waals surface area contributed by atoms with Crippen molar-refractivity contribution in [2.75, 3.05) is 13.1 Å². The van der Waals surface area contributed by atoms with E-state index in [4.69, 9.17) is 0 Å². The van der Waals surface area contributed by atoms with E-state index in [0.717, 1.165) is 13.1 Å².